The summed E-state index contributed by atoms with van der Waals surface area (Å²) < 4.78 is 0. The summed E-state index contributed by atoms with van der Waals surface area (Å²) in [6, 6.07) is 9.08. The van der Waals surface area contributed by atoms with Crippen LogP contribution in [0.5, 0.6) is 0 Å². The highest BCUT2D eigenvalue weighted by molar-refractivity contribution is 7.80. The Morgan fingerprint density at radius 1 is 1.13 bits per heavy atom. The average molecular weight is 440 g/mol. The molecule has 5 nitrogen and oxygen atoms in total. The number of piperazine rings is 1. The summed E-state index contributed by atoms with van der Waals surface area (Å²) in [4.78, 5) is 9.88. The Balaban J connectivity index is 1.44. The summed E-state index contributed by atoms with van der Waals surface area (Å²) in [5.41, 5.74) is 3.33. The van der Waals surface area contributed by atoms with Crippen molar-refractivity contribution in [3.05, 3.63) is 29.8 Å². The number of anilines is 2. The molecule has 168 valence electrons. The average Bonchev–Trinajstić information content (AvgIpc) is 2.77. The number of thiocarbonyl (C=S) groups is 1. The van der Waals surface area contributed by atoms with Gasteiger partial charge in [0, 0.05) is 43.3 Å². The lowest BCUT2D eigenvalue weighted by molar-refractivity contribution is 0.225. The maximum Gasteiger partial charge on any atom is 0.171 e. The van der Waals surface area contributed by atoms with Crippen LogP contribution >= 0.6 is 12.2 Å². The maximum absolute atomic E-state index is 5.64. The van der Waals surface area contributed by atoms with Crippen molar-refractivity contribution >= 4 is 39.7 Å². The van der Waals surface area contributed by atoms with Crippen molar-refractivity contribution in [1.29, 1.82) is 0 Å². The monoisotopic (exact) mass is 439 g/mol. The number of aryl methyl sites for hydroxylation is 1. The lowest BCUT2D eigenvalue weighted by Gasteiger charge is -2.35. The van der Waals surface area contributed by atoms with Crippen molar-refractivity contribution < 1.29 is 0 Å². The summed E-state index contributed by atoms with van der Waals surface area (Å²) in [7, 11) is 0. The number of hydrogen-bond donors (Lipinski definition) is 2. The normalized spacial score (nSPS) is 24.9. The fraction of sp³-hybridized carbons (Fsp3) is 0.600. The molecule has 3 unspecified atom stereocenters. The van der Waals surface area contributed by atoms with Crippen LogP contribution in [0.3, 0.4) is 0 Å². The van der Waals surface area contributed by atoms with Crippen LogP contribution < -0.4 is 15.5 Å². The van der Waals surface area contributed by atoms with E-state index in [1.807, 2.05) is 0 Å². The van der Waals surface area contributed by atoms with Gasteiger partial charge in [0.05, 0.1) is 5.52 Å². The van der Waals surface area contributed by atoms with Crippen molar-refractivity contribution in [2.45, 2.75) is 53.0 Å². The van der Waals surface area contributed by atoms with E-state index in [2.05, 4.69) is 72.4 Å². The van der Waals surface area contributed by atoms with E-state index in [9.17, 15) is 0 Å². The summed E-state index contributed by atoms with van der Waals surface area (Å²) in [5.74, 6) is 2.50. The molecule has 2 N–H and O–H groups in total. The summed E-state index contributed by atoms with van der Waals surface area (Å²) in [5, 5.41) is 8.88. The van der Waals surface area contributed by atoms with Gasteiger partial charge in [-0.05, 0) is 73.8 Å². The molecule has 0 radical (unpaired) electrons. The Morgan fingerprint density at radius 3 is 2.65 bits per heavy atom. The fourth-order valence-electron chi connectivity index (χ4n) is 5.03. The molecule has 1 aliphatic heterocycles. The zero-order chi connectivity index (χ0) is 22.0. The molecular formula is C25H37N5S. The molecule has 6 heteroatoms. The van der Waals surface area contributed by atoms with Gasteiger partial charge in [0.25, 0.3) is 0 Å². The molecule has 1 aliphatic carbocycles. The minimum absolute atomic E-state index is 0.461. The van der Waals surface area contributed by atoms with Gasteiger partial charge in [0.1, 0.15) is 5.82 Å². The van der Waals surface area contributed by atoms with Gasteiger partial charge >= 0.3 is 0 Å². The molecule has 1 saturated carbocycles. The molecule has 2 aliphatic rings. The van der Waals surface area contributed by atoms with Gasteiger partial charge in [-0.15, -0.1) is 0 Å². The summed E-state index contributed by atoms with van der Waals surface area (Å²) in [6.45, 7) is 14.6. The predicted molar refractivity (Wildman–Crippen MR) is 136 cm³/mol. The second kappa shape index (κ2) is 9.70. The van der Waals surface area contributed by atoms with Gasteiger partial charge < -0.3 is 20.4 Å². The lowest BCUT2D eigenvalue weighted by atomic mass is 9.78. The first-order chi connectivity index (χ1) is 14.9. The van der Waals surface area contributed by atoms with Crippen LogP contribution in [-0.2, 0) is 0 Å². The minimum atomic E-state index is 0.461. The van der Waals surface area contributed by atoms with Crippen LogP contribution in [0.1, 0.15) is 45.6 Å². The third kappa shape index (κ3) is 5.12. The van der Waals surface area contributed by atoms with Gasteiger partial charge in [0.2, 0.25) is 0 Å². The number of aromatic nitrogens is 1. The van der Waals surface area contributed by atoms with E-state index < -0.39 is 0 Å². The molecule has 1 aromatic carbocycles. The largest absolute Gasteiger partial charge is 0.359 e. The molecule has 0 amide bonds. The molecule has 0 bridgehead atoms. The zero-order valence-corrected chi connectivity index (χ0v) is 20.3. The standard InChI is InChI=1S/C25H37N5S/c1-5-29-11-13-30(14-12-29)24-15-18(3)21-16-20(9-10-23(21)27-24)26-25(31)28-22-8-6-7-17(2)19(22)4/h9-10,15-17,19,22H,5-8,11-14H2,1-4H3,(H2,26,28,31). The van der Waals surface area contributed by atoms with Crippen LogP contribution in [0, 0.1) is 18.8 Å². The third-order valence-electron chi connectivity index (χ3n) is 7.43. The molecule has 31 heavy (non-hydrogen) atoms. The van der Waals surface area contributed by atoms with Crippen LogP contribution in [0.2, 0.25) is 0 Å². The van der Waals surface area contributed by atoms with Crippen LogP contribution in [0.25, 0.3) is 10.9 Å². The Labute approximate surface area is 192 Å². The second-order valence-electron chi connectivity index (χ2n) is 9.42. The number of rotatable bonds is 4. The van der Waals surface area contributed by atoms with E-state index in [1.165, 1.54) is 30.2 Å². The van der Waals surface area contributed by atoms with Gasteiger partial charge in [-0.3, -0.25) is 0 Å². The number of pyridine rings is 1. The summed E-state index contributed by atoms with van der Waals surface area (Å²) >= 11 is 5.64. The molecule has 2 heterocycles. The van der Waals surface area contributed by atoms with Crippen LogP contribution in [0.4, 0.5) is 11.5 Å². The van der Waals surface area contributed by atoms with Crippen LogP contribution in [0.15, 0.2) is 24.3 Å². The molecule has 1 aromatic heterocycles. The Hall–Kier alpha value is -1.92. The van der Waals surface area contributed by atoms with Gasteiger partial charge in [-0.25, -0.2) is 4.98 Å². The number of hydrogen-bond acceptors (Lipinski definition) is 4. The van der Waals surface area contributed by atoms with E-state index in [0.29, 0.717) is 12.0 Å². The van der Waals surface area contributed by atoms with E-state index in [4.69, 9.17) is 17.2 Å². The molecule has 1 saturated heterocycles. The second-order valence-corrected chi connectivity index (χ2v) is 9.83. The van der Waals surface area contributed by atoms with E-state index in [-0.39, 0.29) is 0 Å². The smallest absolute Gasteiger partial charge is 0.171 e. The number of nitrogens with zero attached hydrogens (tertiary/aromatic N) is 3. The van der Waals surface area contributed by atoms with Crippen molar-refractivity contribution in [2.75, 3.05) is 42.9 Å². The number of likely N-dealkylation sites (N-methyl/N-ethyl adjacent to an activating group) is 1. The molecule has 2 aromatic rings. The summed E-state index contributed by atoms with van der Waals surface area (Å²) in [6.07, 6.45) is 3.80. The molecular weight excluding hydrogens is 402 g/mol. The first-order valence-electron chi connectivity index (χ1n) is 11.9. The Bertz CT molecular complexity index is 922. The van der Waals surface area contributed by atoms with Crippen molar-refractivity contribution in [3.63, 3.8) is 0 Å². The number of fused-ring (bicyclic) bond motifs is 1. The van der Waals surface area contributed by atoms with E-state index in [0.717, 1.165) is 60.8 Å². The van der Waals surface area contributed by atoms with Gasteiger partial charge in [0.15, 0.2) is 5.11 Å². The van der Waals surface area contributed by atoms with E-state index >= 15 is 0 Å². The Kier molecular flexibility index (Phi) is 6.97. The highest BCUT2D eigenvalue weighted by atomic mass is 32.1. The van der Waals surface area contributed by atoms with Gasteiger partial charge in [-0.1, -0.05) is 33.6 Å². The first-order valence-corrected chi connectivity index (χ1v) is 12.3. The topological polar surface area (TPSA) is 43.4 Å². The van der Waals surface area contributed by atoms with Gasteiger partial charge in [-0.2, -0.15) is 0 Å². The van der Waals surface area contributed by atoms with Crippen molar-refractivity contribution in [2.24, 2.45) is 11.8 Å². The minimum Gasteiger partial charge on any atom is -0.359 e. The third-order valence-corrected chi connectivity index (χ3v) is 7.65. The fourth-order valence-corrected chi connectivity index (χ4v) is 5.30. The number of benzene rings is 1. The Morgan fingerprint density at radius 2 is 1.90 bits per heavy atom. The SMILES string of the molecule is CCN1CCN(c2cc(C)c3cc(NC(=S)NC4CCCC(C)C4C)ccc3n2)CC1. The maximum atomic E-state index is 5.64. The molecule has 3 atom stereocenters. The predicted octanol–water partition coefficient (Wildman–Crippen LogP) is 4.80. The molecule has 4 rings (SSSR count). The lowest BCUT2D eigenvalue weighted by Crippen LogP contribution is -2.46. The van der Waals surface area contributed by atoms with Crippen molar-refractivity contribution in [3.8, 4) is 0 Å². The molecule has 2 fully saturated rings. The zero-order valence-electron chi connectivity index (χ0n) is 19.4. The number of nitrogens with one attached hydrogen (secondary N) is 2. The molecule has 0 spiro atoms. The highest BCUT2D eigenvalue weighted by Crippen LogP contribution is 2.30. The van der Waals surface area contributed by atoms with E-state index in [1.54, 1.807) is 0 Å². The van der Waals surface area contributed by atoms with Crippen LogP contribution in [-0.4, -0.2) is 53.8 Å². The first kappa shape index (κ1) is 22.3. The highest BCUT2D eigenvalue weighted by Gasteiger charge is 2.27. The van der Waals surface area contributed by atoms with Crippen molar-refractivity contribution in [1.82, 2.24) is 15.2 Å². The quantitative estimate of drug-likeness (QED) is 0.668.